The molecule has 3 aromatic rings. The fourth-order valence-electron chi connectivity index (χ4n) is 4.81. The number of hydrogen-bond donors (Lipinski definition) is 2. The second kappa shape index (κ2) is 7.78. The minimum atomic E-state index is -3.01. The summed E-state index contributed by atoms with van der Waals surface area (Å²) in [6.07, 6.45) is 0.388. The number of hydrogen-bond acceptors (Lipinski definition) is 5. The van der Waals surface area contributed by atoms with Gasteiger partial charge in [0, 0.05) is 35.7 Å². The zero-order valence-electron chi connectivity index (χ0n) is 18.1. The van der Waals surface area contributed by atoms with Crippen LogP contribution in [0.5, 0.6) is 5.75 Å². The Morgan fingerprint density at radius 3 is 2.67 bits per heavy atom. The smallest absolute Gasteiger partial charge is 0.387 e. The summed E-state index contributed by atoms with van der Waals surface area (Å²) >= 11 is 6.43. The molecule has 6 nitrogen and oxygen atoms in total. The van der Waals surface area contributed by atoms with E-state index in [1.165, 1.54) is 12.1 Å². The zero-order chi connectivity index (χ0) is 23.7. The van der Waals surface area contributed by atoms with Gasteiger partial charge in [0.2, 0.25) is 0 Å². The third-order valence-corrected chi connectivity index (χ3v) is 7.02. The molecule has 0 bridgehead atoms. The van der Waals surface area contributed by atoms with Crippen LogP contribution in [0, 0.1) is 11.7 Å². The lowest BCUT2D eigenvalue weighted by atomic mass is 9.84. The van der Waals surface area contributed by atoms with Crippen LogP contribution in [0.3, 0.4) is 0 Å². The topological polar surface area (TPSA) is 76.5 Å². The van der Waals surface area contributed by atoms with Crippen molar-refractivity contribution in [2.45, 2.75) is 44.6 Å². The number of nitrogens with zero attached hydrogens (tertiary/aromatic N) is 3. The number of aliphatic hydroxyl groups is 1. The Hall–Kier alpha value is -2.49. The van der Waals surface area contributed by atoms with Crippen molar-refractivity contribution in [1.29, 1.82) is 0 Å². The molecule has 0 aliphatic carbocycles. The van der Waals surface area contributed by atoms with Crippen LogP contribution in [-0.4, -0.2) is 40.0 Å². The first-order valence-electron chi connectivity index (χ1n) is 10.7. The van der Waals surface area contributed by atoms with Crippen molar-refractivity contribution < 1.29 is 23.0 Å². The number of halogens is 4. The highest BCUT2D eigenvalue weighted by Crippen LogP contribution is 2.46. The van der Waals surface area contributed by atoms with E-state index in [1.54, 1.807) is 32.0 Å². The van der Waals surface area contributed by atoms with E-state index in [9.17, 15) is 18.3 Å². The standard InChI is InChI=1S/C23H24ClF3N4O2/c1-23(2,32)11-9-30(10-11)16-8-17-15(6-13(16)25)29-21-14(28)7-18(31(17)21)20-12(24)4-3-5-19(20)33-22(26)27/h3-6,8,11,14,18,22,32H,7,9-10,28H2,1-2H3/t14-,18+/m1/s1. The monoisotopic (exact) mass is 480 g/mol. The van der Waals surface area contributed by atoms with Crippen molar-refractivity contribution in [3.8, 4) is 5.75 Å². The molecule has 0 saturated carbocycles. The van der Waals surface area contributed by atoms with Gasteiger partial charge < -0.3 is 25.0 Å². The normalized spacial score (nSPS) is 21.1. The van der Waals surface area contributed by atoms with Crippen molar-refractivity contribution in [1.82, 2.24) is 9.55 Å². The molecule has 5 rings (SSSR count). The van der Waals surface area contributed by atoms with Crippen LogP contribution < -0.4 is 15.4 Å². The molecule has 33 heavy (non-hydrogen) atoms. The summed E-state index contributed by atoms with van der Waals surface area (Å²) < 4.78 is 47.7. The van der Waals surface area contributed by atoms with Gasteiger partial charge in [-0.3, -0.25) is 0 Å². The third kappa shape index (κ3) is 3.72. The van der Waals surface area contributed by atoms with Gasteiger partial charge in [0.1, 0.15) is 17.4 Å². The van der Waals surface area contributed by atoms with E-state index in [-0.39, 0.29) is 16.7 Å². The Balaban J connectivity index is 1.60. The quantitative estimate of drug-likeness (QED) is 0.557. The van der Waals surface area contributed by atoms with Gasteiger partial charge in [-0.1, -0.05) is 17.7 Å². The molecule has 10 heteroatoms. The Labute approximate surface area is 193 Å². The van der Waals surface area contributed by atoms with Gasteiger partial charge in [-0.05, 0) is 38.5 Å². The molecule has 3 N–H and O–H groups in total. The Morgan fingerprint density at radius 1 is 1.27 bits per heavy atom. The van der Waals surface area contributed by atoms with E-state index in [4.69, 9.17) is 22.1 Å². The highest BCUT2D eigenvalue weighted by atomic mass is 35.5. The molecule has 0 unspecified atom stereocenters. The van der Waals surface area contributed by atoms with Crippen LogP contribution in [0.4, 0.5) is 18.9 Å². The molecule has 0 radical (unpaired) electrons. The minimum absolute atomic E-state index is 0.0255. The first-order chi connectivity index (χ1) is 15.5. The molecule has 2 atom stereocenters. The molecule has 2 aliphatic rings. The molecular formula is C23H24ClF3N4O2. The zero-order valence-corrected chi connectivity index (χ0v) is 18.9. The van der Waals surface area contributed by atoms with Crippen LogP contribution in [0.2, 0.25) is 5.02 Å². The van der Waals surface area contributed by atoms with Crippen LogP contribution in [0.15, 0.2) is 30.3 Å². The average Bonchev–Trinajstić information content (AvgIpc) is 3.17. The summed E-state index contributed by atoms with van der Waals surface area (Å²) in [5.41, 5.74) is 7.33. The van der Waals surface area contributed by atoms with Crippen LogP contribution in [0.1, 0.15) is 43.7 Å². The summed E-state index contributed by atoms with van der Waals surface area (Å²) in [6.45, 7) is 1.52. The van der Waals surface area contributed by atoms with Crippen LogP contribution in [0.25, 0.3) is 11.0 Å². The largest absolute Gasteiger partial charge is 0.434 e. The average molecular weight is 481 g/mol. The lowest BCUT2D eigenvalue weighted by Crippen LogP contribution is -2.56. The Morgan fingerprint density at radius 2 is 2.00 bits per heavy atom. The molecule has 3 heterocycles. The summed E-state index contributed by atoms with van der Waals surface area (Å²) in [5, 5.41) is 10.5. The number of nitrogens with two attached hydrogens (primary N) is 1. The maximum absolute atomic E-state index is 15.0. The molecule has 0 amide bonds. The fraction of sp³-hybridized carbons (Fsp3) is 0.435. The first kappa shape index (κ1) is 22.3. The highest BCUT2D eigenvalue weighted by Gasteiger charge is 2.40. The van der Waals surface area contributed by atoms with Crippen molar-refractivity contribution in [3.63, 3.8) is 0 Å². The number of fused-ring (bicyclic) bond motifs is 3. The molecular weight excluding hydrogens is 457 g/mol. The van der Waals surface area contributed by atoms with E-state index in [0.29, 0.717) is 47.6 Å². The van der Waals surface area contributed by atoms with E-state index in [1.807, 2.05) is 9.47 Å². The first-order valence-corrected chi connectivity index (χ1v) is 11.1. The summed E-state index contributed by atoms with van der Waals surface area (Å²) in [6, 6.07) is 6.69. The van der Waals surface area contributed by atoms with Crippen molar-refractivity contribution in [2.24, 2.45) is 11.7 Å². The highest BCUT2D eigenvalue weighted by molar-refractivity contribution is 6.31. The van der Waals surface area contributed by atoms with Crippen LogP contribution in [-0.2, 0) is 0 Å². The lowest BCUT2D eigenvalue weighted by Gasteiger charge is -2.46. The van der Waals surface area contributed by atoms with Gasteiger partial charge in [0.25, 0.3) is 0 Å². The number of aromatic nitrogens is 2. The van der Waals surface area contributed by atoms with E-state index in [2.05, 4.69) is 4.98 Å². The minimum Gasteiger partial charge on any atom is -0.434 e. The molecule has 2 aliphatic heterocycles. The Kier molecular flexibility index (Phi) is 5.26. The maximum atomic E-state index is 15.0. The summed E-state index contributed by atoms with van der Waals surface area (Å²) in [5.74, 6) is 0.120. The number of ether oxygens (including phenoxy) is 1. The van der Waals surface area contributed by atoms with E-state index >= 15 is 0 Å². The molecule has 2 aromatic carbocycles. The van der Waals surface area contributed by atoms with Crippen LogP contribution >= 0.6 is 11.6 Å². The molecule has 0 spiro atoms. The third-order valence-electron chi connectivity index (χ3n) is 6.69. The number of imidazole rings is 1. The molecule has 1 aromatic heterocycles. The Bertz CT molecular complexity index is 1220. The lowest BCUT2D eigenvalue weighted by molar-refractivity contribution is -0.0506. The number of benzene rings is 2. The van der Waals surface area contributed by atoms with Gasteiger partial charge in [0.15, 0.2) is 0 Å². The van der Waals surface area contributed by atoms with Gasteiger partial charge in [-0.25, -0.2) is 9.37 Å². The van der Waals surface area contributed by atoms with Gasteiger partial charge in [0.05, 0.1) is 34.4 Å². The fourth-order valence-corrected chi connectivity index (χ4v) is 5.11. The number of rotatable bonds is 5. The van der Waals surface area contributed by atoms with Crippen molar-refractivity contribution >= 4 is 28.3 Å². The molecule has 1 fully saturated rings. The SMILES string of the molecule is CC(C)(O)C1CN(c2cc3c(cc2F)nc2n3[C@H](c3c(Cl)cccc3OC(F)F)C[C@H]2N)C1. The second-order valence-corrected chi connectivity index (χ2v) is 9.68. The summed E-state index contributed by atoms with van der Waals surface area (Å²) in [7, 11) is 0. The second-order valence-electron chi connectivity index (χ2n) is 9.28. The molecule has 176 valence electrons. The van der Waals surface area contributed by atoms with Crippen molar-refractivity contribution in [3.05, 3.63) is 52.6 Å². The predicted molar refractivity (Wildman–Crippen MR) is 119 cm³/mol. The van der Waals surface area contributed by atoms with Gasteiger partial charge in [-0.15, -0.1) is 0 Å². The number of alkyl halides is 2. The van der Waals surface area contributed by atoms with Gasteiger partial charge in [-0.2, -0.15) is 8.78 Å². The van der Waals surface area contributed by atoms with Gasteiger partial charge >= 0.3 is 6.61 Å². The molecule has 1 saturated heterocycles. The summed E-state index contributed by atoms with van der Waals surface area (Å²) in [4.78, 5) is 6.40. The number of anilines is 1. The van der Waals surface area contributed by atoms with E-state index in [0.717, 1.165) is 0 Å². The predicted octanol–water partition coefficient (Wildman–Crippen LogP) is 4.63. The van der Waals surface area contributed by atoms with E-state index < -0.39 is 30.1 Å². The maximum Gasteiger partial charge on any atom is 0.387 e. The van der Waals surface area contributed by atoms with Crippen molar-refractivity contribution in [2.75, 3.05) is 18.0 Å².